The first kappa shape index (κ1) is 13.3. The number of carbonyl (C=O) groups is 1. The summed E-state index contributed by atoms with van der Waals surface area (Å²) in [6, 6.07) is 7.43. The number of halogens is 1. The summed E-state index contributed by atoms with van der Waals surface area (Å²) >= 11 is 0. The lowest BCUT2D eigenvalue weighted by Crippen LogP contribution is -2.01. The van der Waals surface area contributed by atoms with Crippen LogP contribution in [0, 0.1) is 19.7 Å². The first-order valence-electron chi connectivity index (χ1n) is 6.36. The van der Waals surface area contributed by atoms with Gasteiger partial charge in [-0.1, -0.05) is 0 Å². The maximum Gasteiger partial charge on any atom is 0.336 e. The normalized spacial score (nSPS) is 11.0. The fraction of sp³-hybridized carbons (Fsp3) is 0.125. The highest BCUT2D eigenvalue weighted by Gasteiger charge is 2.16. The minimum absolute atomic E-state index is 0.00616. The van der Waals surface area contributed by atoms with Gasteiger partial charge in [0.15, 0.2) is 5.76 Å². The largest absolute Gasteiger partial charge is 0.478 e. The van der Waals surface area contributed by atoms with E-state index in [2.05, 4.69) is 4.98 Å². The SMILES string of the molecule is Cc1ccc(-c2cc(C(=O)O)c3cc(F)cc(C)c3n2)o1. The van der Waals surface area contributed by atoms with Crippen LogP contribution in [0.3, 0.4) is 0 Å². The van der Waals surface area contributed by atoms with E-state index in [0.29, 0.717) is 28.3 Å². The van der Waals surface area contributed by atoms with Crippen LogP contribution >= 0.6 is 0 Å². The number of aromatic nitrogens is 1. The van der Waals surface area contributed by atoms with Crippen LogP contribution in [0.2, 0.25) is 0 Å². The summed E-state index contributed by atoms with van der Waals surface area (Å²) < 4.78 is 19.0. The molecule has 5 heteroatoms. The maximum atomic E-state index is 13.5. The van der Waals surface area contributed by atoms with Gasteiger partial charge < -0.3 is 9.52 Å². The molecular formula is C16H12FNO3. The topological polar surface area (TPSA) is 63.3 Å². The van der Waals surface area contributed by atoms with Gasteiger partial charge in [-0.3, -0.25) is 0 Å². The zero-order valence-corrected chi connectivity index (χ0v) is 11.5. The van der Waals surface area contributed by atoms with Crippen LogP contribution in [0.15, 0.2) is 34.7 Å². The van der Waals surface area contributed by atoms with E-state index >= 15 is 0 Å². The van der Waals surface area contributed by atoms with E-state index in [1.807, 2.05) is 0 Å². The second kappa shape index (κ2) is 4.70. The number of pyridine rings is 1. The zero-order chi connectivity index (χ0) is 15.1. The van der Waals surface area contributed by atoms with Crippen molar-refractivity contribution in [2.75, 3.05) is 0 Å². The number of carboxylic acid groups (broad SMARTS) is 1. The van der Waals surface area contributed by atoms with Crippen molar-refractivity contribution in [3.63, 3.8) is 0 Å². The van der Waals surface area contributed by atoms with Crippen molar-refractivity contribution in [3.8, 4) is 11.5 Å². The molecule has 0 bridgehead atoms. The third-order valence-corrected chi connectivity index (χ3v) is 3.29. The summed E-state index contributed by atoms with van der Waals surface area (Å²) in [6.45, 7) is 3.49. The fourth-order valence-corrected chi connectivity index (χ4v) is 2.33. The summed E-state index contributed by atoms with van der Waals surface area (Å²) in [5.74, 6) is -0.414. The molecule has 2 aromatic heterocycles. The average molecular weight is 285 g/mol. The number of hydrogen-bond acceptors (Lipinski definition) is 3. The highest BCUT2D eigenvalue weighted by atomic mass is 19.1. The predicted molar refractivity (Wildman–Crippen MR) is 75.8 cm³/mol. The number of furan rings is 1. The molecule has 3 rings (SSSR count). The standard InChI is InChI=1S/C16H12FNO3/c1-8-5-10(17)6-11-12(16(19)20)7-13(18-15(8)11)14-4-3-9(2)21-14/h3-7H,1-2H3,(H,19,20). The Morgan fingerprint density at radius 2 is 2.00 bits per heavy atom. The molecule has 3 aromatic rings. The van der Waals surface area contributed by atoms with Crippen LogP contribution in [0.4, 0.5) is 4.39 Å². The number of rotatable bonds is 2. The molecule has 1 aromatic carbocycles. The Labute approximate surface area is 119 Å². The number of aromatic carboxylic acids is 1. The van der Waals surface area contributed by atoms with Crippen molar-refractivity contribution >= 4 is 16.9 Å². The highest BCUT2D eigenvalue weighted by Crippen LogP contribution is 2.28. The average Bonchev–Trinajstić information content (AvgIpc) is 2.84. The van der Waals surface area contributed by atoms with E-state index in [0.717, 1.165) is 0 Å². The van der Waals surface area contributed by atoms with Crippen molar-refractivity contribution in [3.05, 3.63) is 53.0 Å². The van der Waals surface area contributed by atoms with Crippen molar-refractivity contribution < 1.29 is 18.7 Å². The summed E-state index contributed by atoms with van der Waals surface area (Å²) in [7, 11) is 0. The molecule has 2 heterocycles. The Kier molecular flexibility index (Phi) is 2.97. The van der Waals surface area contributed by atoms with Crippen molar-refractivity contribution in [1.82, 2.24) is 4.98 Å². The molecule has 21 heavy (non-hydrogen) atoms. The van der Waals surface area contributed by atoms with E-state index in [-0.39, 0.29) is 10.9 Å². The van der Waals surface area contributed by atoms with Gasteiger partial charge in [-0.2, -0.15) is 0 Å². The summed E-state index contributed by atoms with van der Waals surface area (Å²) in [5, 5.41) is 9.64. The van der Waals surface area contributed by atoms with E-state index < -0.39 is 11.8 Å². The van der Waals surface area contributed by atoms with Gasteiger partial charge in [-0.25, -0.2) is 14.2 Å². The molecule has 0 fully saturated rings. The summed E-state index contributed by atoms with van der Waals surface area (Å²) in [4.78, 5) is 15.9. The van der Waals surface area contributed by atoms with Crippen LogP contribution < -0.4 is 0 Å². The molecule has 0 aliphatic carbocycles. The first-order valence-corrected chi connectivity index (χ1v) is 6.36. The van der Waals surface area contributed by atoms with Gasteiger partial charge in [0.05, 0.1) is 11.1 Å². The lowest BCUT2D eigenvalue weighted by Gasteiger charge is -2.08. The van der Waals surface area contributed by atoms with E-state index in [1.54, 1.807) is 26.0 Å². The van der Waals surface area contributed by atoms with Crippen molar-refractivity contribution in [2.45, 2.75) is 13.8 Å². The van der Waals surface area contributed by atoms with Gasteiger partial charge in [-0.05, 0) is 49.7 Å². The van der Waals surface area contributed by atoms with Gasteiger partial charge in [0.2, 0.25) is 0 Å². The first-order chi connectivity index (χ1) is 9.95. The smallest absolute Gasteiger partial charge is 0.336 e. The Balaban J connectivity index is 2.37. The maximum absolute atomic E-state index is 13.5. The predicted octanol–water partition coefficient (Wildman–Crippen LogP) is 3.95. The Bertz CT molecular complexity index is 867. The molecule has 0 aliphatic rings. The second-order valence-corrected chi connectivity index (χ2v) is 4.89. The third-order valence-electron chi connectivity index (χ3n) is 3.29. The summed E-state index contributed by atoms with van der Waals surface area (Å²) in [6.07, 6.45) is 0. The molecular weight excluding hydrogens is 273 g/mol. The minimum Gasteiger partial charge on any atom is -0.478 e. The van der Waals surface area contributed by atoms with E-state index in [1.165, 1.54) is 18.2 Å². The molecule has 0 atom stereocenters. The molecule has 0 saturated heterocycles. The van der Waals surface area contributed by atoms with Crippen LogP contribution in [-0.2, 0) is 0 Å². The Hall–Kier alpha value is -2.69. The quantitative estimate of drug-likeness (QED) is 0.774. The fourth-order valence-electron chi connectivity index (χ4n) is 2.33. The number of hydrogen-bond donors (Lipinski definition) is 1. The van der Waals surface area contributed by atoms with Gasteiger partial charge in [0.1, 0.15) is 17.3 Å². The molecule has 4 nitrogen and oxygen atoms in total. The van der Waals surface area contributed by atoms with Crippen molar-refractivity contribution in [1.29, 1.82) is 0 Å². The van der Waals surface area contributed by atoms with Crippen LogP contribution in [0.25, 0.3) is 22.4 Å². The van der Waals surface area contributed by atoms with E-state index in [9.17, 15) is 14.3 Å². The van der Waals surface area contributed by atoms with Crippen LogP contribution in [-0.4, -0.2) is 16.1 Å². The van der Waals surface area contributed by atoms with Crippen LogP contribution in [0.5, 0.6) is 0 Å². The summed E-state index contributed by atoms with van der Waals surface area (Å²) in [5.41, 5.74) is 1.47. The van der Waals surface area contributed by atoms with Crippen molar-refractivity contribution in [2.24, 2.45) is 0 Å². The number of benzene rings is 1. The minimum atomic E-state index is -1.13. The van der Waals surface area contributed by atoms with Gasteiger partial charge in [-0.15, -0.1) is 0 Å². The lowest BCUT2D eigenvalue weighted by atomic mass is 10.0. The molecule has 0 amide bonds. The monoisotopic (exact) mass is 285 g/mol. The van der Waals surface area contributed by atoms with Gasteiger partial charge >= 0.3 is 5.97 Å². The van der Waals surface area contributed by atoms with Crippen LogP contribution in [0.1, 0.15) is 21.7 Å². The molecule has 0 aliphatic heterocycles. The lowest BCUT2D eigenvalue weighted by molar-refractivity contribution is 0.0699. The van der Waals surface area contributed by atoms with Gasteiger partial charge in [0, 0.05) is 5.39 Å². The number of nitrogens with zero attached hydrogens (tertiary/aromatic N) is 1. The van der Waals surface area contributed by atoms with E-state index in [4.69, 9.17) is 4.42 Å². The molecule has 0 saturated carbocycles. The Morgan fingerprint density at radius 1 is 1.24 bits per heavy atom. The molecule has 0 unspecified atom stereocenters. The zero-order valence-electron chi connectivity index (χ0n) is 11.5. The van der Waals surface area contributed by atoms with Gasteiger partial charge in [0.25, 0.3) is 0 Å². The molecule has 0 radical (unpaired) electrons. The number of fused-ring (bicyclic) bond motifs is 1. The Morgan fingerprint density at radius 3 is 2.62 bits per heavy atom. The molecule has 106 valence electrons. The molecule has 0 spiro atoms. The molecule has 1 N–H and O–H groups in total. The third kappa shape index (κ3) is 2.27. The highest BCUT2D eigenvalue weighted by molar-refractivity contribution is 6.04. The number of carboxylic acids is 1. The number of aryl methyl sites for hydroxylation is 2. The second-order valence-electron chi connectivity index (χ2n) is 4.89.